The average Bonchev–Trinajstić information content (AvgIpc) is 2.70. The van der Waals surface area contributed by atoms with Gasteiger partial charge in [-0.25, -0.2) is 0 Å². The molecule has 28 heavy (non-hydrogen) atoms. The van der Waals surface area contributed by atoms with E-state index in [0.29, 0.717) is 11.4 Å². The molecule has 0 saturated heterocycles. The van der Waals surface area contributed by atoms with Crippen LogP contribution in [0.4, 0.5) is 5.69 Å². The van der Waals surface area contributed by atoms with Crippen molar-refractivity contribution in [1.82, 2.24) is 0 Å². The highest BCUT2D eigenvalue weighted by Crippen LogP contribution is 2.20. The molecule has 2 aromatic carbocycles. The Balaban J connectivity index is 1.87. The number of esters is 1. The zero-order valence-electron chi connectivity index (χ0n) is 16.1. The molecule has 0 saturated carbocycles. The minimum atomic E-state index is -0.907. The Morgan fingerprint density at radius 2 is 1.82 bits per heavy atom. The topological polar surface area (TPSA) is 70.4 Å². The number of nitrogens with zero attached hydrogens (tertiary/aromatic N) is 2. The number of rotatable bonds is 9. The minimum absolute atomic E-state index is 0.203. The number of carbonyl (C=O) groups is 2. The molecule has 5 nitrogen and oxygen atoms in total. The van der Waals surface area contributed by atoms with E-state index in [-0.39, 0.29) is 25.3 Å². The van der Waals surface area contributed by atoms with Crippen LogP contribution >= 0.6 is 11.8 Å². The second kappa shape index (κ2) is 11.2. The fourth-order valence-electron chi connectivity index (χ4n) is 2.55. The molecule has 0 aliphatic heterocycles. The molecule has 2 aromatic rings. The van der Waals surface area contributed by atoms with Crippen molar-refractivity contribution in [1.29, 1.82) is 5.26 Å². The van der Waals surface area contributed by atoms with Gasteiger partial charge in [0.2, 0.25) is 0 Å². The molecule has 0 bridgehead atoms. The molecular formula is C22H24N2O3S. The van der Waals surface area contributed by atoms with Crippen LogP contribution in [0.1, 0.15) is 25.3 Å². The highest BCUT2D eigenvalue weighted by molar-refractivity contribution is 7.99. The summed E-state index contributed by atoms with van der Waals surface area (Å²) in [5.74, 6) is -0.158. The van der Waals surface area contributed by atoms with Gasteiger partial charge in [-0.3, -0.25) is 9.59 Å². The maximum atomic E-state index is 12.7. The first kappa shape index (κ1) is 21.5. The van der Waals surface area contributed by atoms with E-state index in [1.54, 1.807) is 30.8 Å². The number of hydrogen-bond acceptors (Lipinski definition) is 5. The van der Waals surface area contributed by atoms with Crippen molar-refractivity contribution in [2.45, 2.75) is 37.7 Å². The molecule has 0 radical (unpaired) electrons. The van der Waals surface area contributed by atoms with Crippen LogP contribution in [0.3, 0.4) is 0 Å². The standard InChI is InChI=1S/C22H24N2O3S/c1-17-9-11-20(12-10-17)28-16-13-21(25)27-18(2)22(26)24(15-6-14-23)19-7-4-3-5-8-19/h3-5,7-12,18H,6,13,15-16H2,1-2H3. The van der Waals surface area contributed by atoms with Crippen molar-refractivity contribution in [2.24, 2.45) is 0 Å². The lowest BCUT2D eigenvalue weighted by Gasteiger charge is -2.25. The van der Waals surface area contributed by atoms with Crippen LogP contribution in [-0.2, 0) is 14.3 Å². The van der Waals surface area contributed by atoms with Gasteiger partial charge in [-0.2, -0.15) is 5.26 Å². The van der Waals surface area contributed by atoms with Gasteiger partial charge in [0.1, 0.15) is 0 Å². The molecule has 0 aliphatic carbocycles. The Morgan fingerprint density at radius 3 is 2.46 bits per heavy atom. The monoisotopic (exact) mass is 396 g/mol. The molecule has 0 aromatic heterocycles. The molecule has 146 valence electrons. The van der Waals surface area contributed by atoms with E-state index in [4.69, 9.17) is 10.00 Å². The van der Waals surface area contributed by atoms with Crippen molar-refractivity contribution < 1.29 is 14.3 Å². The quantitative estimate of drug-likeness (QED) is 0.465. The molecule has 6 heteroatoms. The van der Waals surface area contributed by atoms with E-state index >= 15 is 0 Å². The summed E-state index contributed by atoms with van der Waals surface area (Å²) in [6.45, 7) is 3.85. The maximum Gasteiger partial charge on any atom is 0.307 e. The lowest BCUT2D eigenvalue weighted by atomic mass is 10.2. The van der Waals surface area contributed by atoms with Gasteiger partial charge in [0, 0.05) is 22.9 Å². The predicted octanol–water partition coefficient (Wildman–Crippen LogP) is 4.36. The van der Waals surface area contributed by atoms with Gasteiger partial charge in [0.25, 0.3) is 5.91 Å². The van der Waals surface area contributed by atoms with E-state index in [1.807, 2.05) is 55.5 Å². The average molecular weight is 397 g/mol. The Labute approximate surface area is 170 Å². The van der Waals surface area contributed by atoms with Gasteiger partial charge in [0.05, 0.1) is 18.9 Å². The Morgan fingerprint density at radius 1 is 1.14 bits per heavy atom. The van der Waals surface area contributed by atoms with Crippen LogP contribution in [0.15, 0.2) is 59.5 Å². The predicted molar refractivity (Wildman–Crippen MR) is 111 cm³/mol. The molecule has 0 fully saturated rings. The van der Waals surface area contributed by atoms with E-state index in [0.717, 1.165) is 4.90 Å². The fourth-order valence-corrected chi connectivity index (χ4v) is 3.38. The van der Waals surface area contributed by atoms with Gasteiger partial charge in [0.15, 0.2) is 6.10 Å². The molecule has 1 atom stereocenters. The molecule has 0 heterocycles. The number of aryl methyl sites for hydroxylation is 1. The maximum absolute atomic E-state index is 12.7. The summed E-state index contributed by atoms with van der Waals surface area (Å²) in [7, 11) is 0. The molecule has 0 aliphatic rings. The molecule has 1 amide bonds. The molecule has 0 N–H and O–H groups in total. The first-order chi connectivity index (χ1) is 13.5. The van der Waals surface area contributed by atoms with Crippen molar-refractivity contribution >= 4 is 29.3 Å². The number of nitriles is 1. The van der Waals surface area contributed by atoms with Crippen LogP contribution in [-0.4, -0.2) is 30.3 Å². The van der Waals surface area contributed by atoms with Gasteiger partial charge >= 0.3 is 5.97 Å². The van der Waals surface area contributed by atoms with Crippen molar-refractivity contribution in [3.63, 3.8) is 0 Å². The van der Waals surface area contributed by atoms with Crippen LogP contribution in [0, 0.1) is 18.3 Å². The Bertz CT molecular complexity index is 816. The summed E-state index contributed by atoms with van der Waals surface area (Å²) in [6.07, 6.45) is -0.482. The second-order valence-corrected chi connectivity index (χ2v) is 7.45. The molecule has 2 rings (SSSR count). The summed E-state index contributed by atoms with van der Waals surface area (Å²) >= 11 is 1.57. The number of carbonyl (C=O) groups excluding carboxylic acids is 2. The highest BCUT2D eigenvalue weighted by Gasteiger charge is 2.24. The normalized spacial score (nSPS) is 11.3. The van der Waals surface area contributed by atoms with E-state index in [9.17, 15) is 9.59 Å². The lowest BCUT2D eigenvalue weighted by molar-refractivity contribution is -0.153. The van der Waals surface area contributed by atoms with E-state index in [2.05, 4.69) is 0 Å². The van der Waals surface area contributed by atoms with Crippen LogP contribution in [0.25, 0.3) is 0 Å². The molecular weight excluding hydrogens is 372 g/mol. The number of ether oxygens (including phenoxy) is 1. The largest absolute Gasteiger partial charge is 0.452 e. The fraction of sp³-hybridized carbons (Fsp3) is 0.318. The third kappa shape index (κ3) is 6.75. The van der Waals surface area contributed by atoms with Crippen LogP contribution in [0.5, 0.6) is 0 Å². The number of amides is 1. The van der Waals surface area contributed by atoms with Crippen molar-refractivity contribution in [3.8, 4) is 6.07 Å². The lowest BCUT2D eigenvalue weighted by Crippen LogP contribution is -2.40. The van der Waals surface area contributed by atoms with Gasteiger partial charge in [-0.15, -0.1) is 11.8 Å². The number of hydrogen-bond donors (Lipinski definition) is 0. The zero-order valence-corrected chi connectivity index (χ0v) is 16.9. The number of anilines is 1. The SMILES string of the molecule is Cc1ccc(SCCC(=O)OC(C)C(=O)N(CCC#N)c2ccccc2)cc1. The number of para-hydroxylation sites is 1. The minimum Gasteiger partial charge on any atom is -0.452 e. The van der Waals surface area contributed by atoms with E-state index in [1.165, 1.54) is 10.5 Å². The second-order valence-electron chi connectivity index (χ2n) is 6.28. The third-order valence-corrected chi connectivity index (χ3v) is 5.05. The summed E-state index contributed by atoms with van der Waals surface area (Å²) < 4.78 is 5.33. The Hall–Kier alpha value is -2.78. The highest BCUT2D eigenvalue weighted by atomic mass is 32.2. The third-order valence-electron chi connectivity index (χ3n) is 4.03. The number of benzene rings is 2. The zero-order chi connectivity index (χ0) is 20.4. The van der Waals surface area contributed by atoms with Gasteiger partial charge in [-0.1, -0.05) is 35.9 Å². The first-order valence-corrected chi connectivity index (χ1v) is 10.1. The van der Waals surface area contributed by atoms with Gasteiger partial charge in [-0.05, 0) is 38.1 Å². The van der Waals surface area contributed by atoms with Crippen molar-refractivity contribution in [2.75, 3.05) is 17.2 Å². The van der Waals surface area contributed by atoms with Crippen LogP contribution in [0.2, 0.25) is 0 Å². The number of thioether (sulfide) groups is 1. The summed E-state index contributed by atoms with van der Waals surface area (Å²) in [5.41, 5.74) is 1.87. The van der Waals surface area contributed by atoms with Gasteiger partial charge < -0.3 is 9.64 Å². The molecule has 1 unspecified atom stereocenters. The van der Waals surface area contributed by atoms with Crippen LogP contribution < -0.4 is 4.90 Å². The Kier molecular flexibility index (Phi) is 8.57. The molecule has 0 spiro atoms. The summed E-state index contributed by atoms with van der Waals surface area (Å²) in [4.78, 5) is 27.4. The van der Waals surface area contributed by atoms with E-state index < -0.39 is 12.1 Å². The van der Waals surface area contributed by atoms with Crippen molar-refractivity contribution in [3.05, 3.63) is 60.2 Å². The summed E-state index contributed by atoms with van der Waals surface area (Å²) in [6, 6.07) is 19.2. The summed E-state index contributed by atoms with van der Waals surface area (Å²) in [5, 5.41) is 8.86. The smallest absolute Gasteiger partial charge is 0.307 e. The first-order valence-electron chi connectivity index (χ1n) is 9.13.